The highest BCUT2D eigenvalue weighted by Gasteiger charge is 2.34. The average molecular weight is 547 g/mol. The molecule has 0 saturated carbocycles. The van der Waals surface area contributed by atoms with Gasteiger partial charge in [0.1, 0.15) is 5.75 Å². The lowest BCUT2D eigenvalue weighted by molar-refractivity contribution is 0.102. The first kappa shape index (κ1) is 25.5. The highest BCUT2D eigenvalue weighted by molar-refractivity contribution is 7.89. The van der Waals surface area contributed by atoms with Crippen molar-refractivity contribution < 1.29 is 17.9 Å². The lowest BCUT2D eigenvalue weighted by atomic mass is 9.97. The third-order valence-corrected chi connectivity index (χ3v) is 8.74. The fraction of sp³-hybridized carbons (Fsp3) is 0.192. The Balaban J connectivity index is 1.39. The molecule has 0 atom stereocenters. The van der Waals surface area contributed by atoms with Crippen LogP contribution in [0.4, 0.5) is 5.13 Å². The van der Waals surface area contributed by atoms with Crippen LogP contribution >= 0.6 is 11.3 Å². The Morgan fingerprint density at radius 3 is 2.61 bits per heavy atom. The van der Waals surface area contributed by atoms with Crippen LogP contribution < -0.4 is 10.1 Å². The van der Waals surface area contributed by atoms with E-state index in [9.17, 15) is 18.5 Å². The van der Waals surface area contributed by atoms with Crippen LogP contribution in [-0.2, 0) is 23.1 Å². The highest BCUT2D eigenvalue weighted by Crippen LogP contribution is 2.36. The zero-order valence-corrected chi connectivity index (χ0v) is 22.4. The first-order valence-electron chi connectivity index (χ1n) is 11.5. The van der Waals surface area contributed by atoms with Crippen LogP contribution in [0.3, 0.4) is 0 Å². The van der Waals surface area contributed by atoms with Gasteiger partial charge in [0, 0.05) is 34.1 Å². The summed E-state index contributed by atoms with van der Waals surface area (Å²) in [5, 5.41) is 12.5. The smallest absolute Gasteiger partial charge is 0.261 e. The fourth-order valence-electron chi connectivity index (χ4n) is 4.09. The molecule has 1 aromatic carbocycles. The van der Waals surface area contributed by atoms with E-state index in [0.29, 0.717) is 39.0 Å². The van der Waals surface area contributed by atoms with Gasteiger partial charge in [0.25, 0.3) is 15.9 Å². The number of ether oxygens (including phenoxy) is 1. The van der Waals surface area contributed by atoms with Gasteiger partial charge >= 0.3 is 0 Å². The molecule has 0 saturated heterocycles. The van der Waals surface area contributed by atoms with Gasteiger partial charge < -0.3 is 4.74 Å². The number of nitrogens with zero attached hydrogens (tertiary/aromatic N) is 5. The van der Waals surface area contributed by atoms with Crippen molar-refractivity contribution in [2.24, 2.45) is 0 Å². The van der Waals surface area contributed by atoms with Crippen molar-refractivity contribution in [1.82, 2.24) is 19.3 Å². The number of thiazole rings is 1. The summed E-state index contributed by atoms with van der Waals surface area (Å²) in [5.41, 5.74) is 4.03. The SMILES string of the molecule is COc1ccc(C#N)cc1-c1cc(C)ncc1C(=O)Nc1nc2c(s1)CN(S(=O)(=O)c1ccc(C)cn1)C2. The number of carbonyl (C=O) groups excluding carboxylic acids is 1. The maximum absolute atomic E-state index is 13.3. The van der Waals surface area contributed by atoms with Crippen LogP contribution in [-0.4, -0.2) is 40.7 Å². The molecule has 0 unspecified atom stereocenters. The molecule has 10 nitrogen and oxygen atoms in total. The van der Waals surface area contributed by atoms with Crippen molar-refractivity contribution in [2.45, 2.75) is 32.0 Å². The van der Waals surface area contributed by atoms with Crippen LogP contribution in [0.2, 0.25) is 0 Å². The number of sulfonamides is 1. The number of methoxy groups -OCH3 is 1. The number of fused-ring (bicyclic) bond motifs is 1. The van der Waals surface area contributed by atoms with E-state index in [4.69, 9.17) is 4.74 Å². The molecule has 0 fully saturated rings. The van der Waals surface area contributed by atoms with Gasteiger partial charge in [-0.15, -0.1) is 0 Å². The summed E-state index contributed by atoms with van der Waals surface area (Å²) in [6, 6.07) is 12.1. The number of rotatable bonds is 6. The van der Waals surface area contributed by atoms with E-state index in [1.807, 2.05) is 13.8 Å². The molecule has 1 aliphatic rings. The Labute approximate surface area is 223 Å². The maximum Gasteiger partial charge on any atom is 0.261 e. The first-order chi connectivity index (χ1) is 18.2. The molecule has 0 aliphatic carbocycles. The predicted molar refractivity (Wildman–Crippen MR) is 141 cm³/mol. The van der Waals surface area contributed by atoms with E-state index in [0.717, 1.165) is 10.4 Å². The molecule has 5 rings (SSSR count). The number of amides is 1. The summed E-state index contributed by atoms with van der Waals surface area (Å²) >= 11 is 1.22. The molecular formula is C26H22N6O4S2. The summed E-state index contributed by atoms with van der Waals surface area (Å²) in [4.78, 5) is 26.9. The average Bonchev–Trinajstić information content (AvgIpc) is 3.48. The molecule has 1 N–H and O–H groups in total. The van der Waals surface area contributed by atoms with Gasteiger partial charge in [0.15, 0.2) is 10.2 Å². The molecule has 4 heterocycles. The number of pyridine rings is 2. The Morgan fingerprint density at radius 1 is 1.11 bits per heavy atom. The van der Waals surface area contributed by atoms with Crippen molar-refractivity contribution in [3.8, 4) is 22.9 Å². The number of nitriles is 1. The maximum atomic E-state index is 13.3. The molecule has 0 bridgehead atoms. The van der Waals surface area contributed by atoms with Gasteiger partial charge in [-0.05, 0) is 49.7 Å². The zero-order valence-electron chi connectivity index (χ0n) is 20.7. The molecule has 192 valence electrons. The van der Waals surface area contributed by atoms with E-state index in [1.54, 1.807) is 30.3 Å². The minimum atomic E-state index is -3.77. The molecule has 38 heavy (non-hydrogen) atoms. The molecule has 1 amide bonds. The minimum absolute atomic E-state index is 0.0120. The number of anilines is 1. The van der Waals surface area contributed by atoms with Crippen molar-refractivity contribution in [3.05, 3.63) is 81.7 Å². The minimum Gasteiger partial charge on any atom is -0.496 e. The molecule has 0 spiro atoms. The van der Waals surface area contributed by atoms with Gasteiger partial charge in [-0.3, -0.25) is 15.1 Å². The van der Waals surface area contributed by atoms with Crippen molar-refractivity contribution >= 4 is 32.4 Å². The Hall–Kier alpha value is -4.18. The first-order valence-corrected chi connectivity index (χ1v) is 13.7. The summed E-state index contributed by atoms with van der Waals surface area (Å²) in [7, 11) is -2.24. The molecule has 3 aromatic heterocycles. The van der Waals surface area contributed by atoms with Crippen LogP contribution in [0.1, 0.15) is 37.7 Å². The summed E-state index contributed by atoms with van der Waals surface area (Å²) < 4.78 is 32.8. The van der Waals surface area contributed by atoms with Gasteiger partial charge in [0.2, 0.25) is 0 Å². The largest absolute Gasteiger partial charge is 0.496 e. The monoisotopic (exact) mass is 546 g/mol. The second kappa shape index (κ2) is 9.94. The van der Waals surface area contributed by atoms with Gasteiger partial charge in [-0.25, -0.2) is 18.4 Å². The second-order valence-electron chi connectivity index (χ2n) is 8.69. The van der Waals surface area contributed by atoms with Crippen molar-refractivity contribution in [3.63, 3.8) is 0 Å². The zero-order chi connectivity index (χ0) is 27.0. The van der Waals surface area contributed by atoms with Crippen LogP contribution in [0.5, 0.6) is 5.75 Å². The van der Waals surface area contributed by atoms with Gasteiger partial charge in [-0.1, -0.05) is 17.4 Å². The Morgan fingerprint density at radius 2 is 1.92 bits per heavy atom. The number of hydrogen-bond donors (Lipinski definition) is 1. The number of hydrogen-bond acceptors (Lipinski definition) is 9. The summed E-state index contributed by atoms with van der Waals surface area (Å²) in [5.74, 6) is 0.0823. The Kier molecular flexibility index (Phi) is 6.66. The molecule has 1 aliphatic heterocycles. The standard InChI is InChI=1S/C26H22N6O4S2/c1-15-4-7-24(29-11-15)38(34,35)32-13-21-23(14-32)37-26(30-21)31-25(33)20-12-28-16(2)8-18(20)19-9-17(10-27)5-6-22(19)36-3/h4-9,11-12H,13-14H2,1-3H3,(H,30,31,33). The van der Waals surface area contributed by atoms with Crippen LogP contribution in [0, 0.1) is 25.2 Å². The molecule has 12 heteroatoms. The lowest BCUT2D eigenvalue weighted by Gasteiger charge is -2.15. The quantitative estimate of drug-likeness (QED) is 0.382. The number of benzene rings is 1. The fourth-order valence-corrected chi connectivity index (χ4v) is 6.44. The predicted octanol–water partition coefficient (Wildman–Crippen LogP) is 4.05. The van der Waals surface area contributed by atoms with Crippen molar-refractivity contribution in [1.29, 1.82) is 5.26 Å². The van der Waals surface area contributed by atoms with E-state index >= 15 is 0 Å². The van der Waals surface area contributed by atoms with Gasteiger partial charge in [0.05, 0.1) is 43.1 Å². The summed E-state index contributed by atoms with van der Waals surface area (Å²) in [6.45, 7) is 3.89. The van der Waals surface area contributed by atoms with Gasteiger partial charge in [-0.2, -0.15) is 9.57 Å². The molecule has 4 aromatic rings. The second-order valence-corrected chi connectivity index (χ2v) is 11.7. The third-order valence-electron chi connectivity index (χ3n) is 6.04. The van der Waals surface area contributed by atoms with Crippen molar-refractivity contribution in [2.75, 3.05) is 12.4 Å². The normalized spacial score (nSPS) is 13.1. The lowest BCUT2D eigenvalue weighted by Crippen LogP contribution is -2.26. The molecular weight excluding hydrogens is 524 g/mol. The number of aromatic nitrogens is 3. The summed E-state index contributed by atoms with van der Waals surface area (Å²) in [6.07, 6.45) is 2.99. The van der Waals surface area contributed by atoms with E-state index in [1.165, 1.54) is 41.2 Å². The highest BCUT2D eigenvalue weighted by atomic mass is 32.2. The number of nitrogens with one attached hydrogen (secondary N) is 1. The van der Waals surface area contributed by atoms with Crippen LogP contribution in [0.15, 0.2) is 53.8 Å². The Bertz CT molecular complexity index is 1690. The van der Waals surface area contributed by atoms with E-state index in [2.05, 4.69) is 26.3 Å². The third kappa shape index (κ3) is 4.74. The van der Waals surface area contributed by atoms with E-state index in [-0.39, 0.29) is 23.7 Å². The number of aryl methyl sites for hydroxylation is 2. The topological polar surface area (TPSA) is 138 Å². The number of carbonyl (C=O) groups is 1. The molecule has 0 radical (unpaired) electrons. The van der Waals surface area contributed by atoms with E-state index < -0.39 is 15.9 Å². The van der Waals surface area contributed by atoms with Crippen LogP contribution in [0.25, 0.3) is 11.1 Å².